The Morgan fingerprint density at radius 1 is 1.16 bits per heavy atom. The molecule has 2 aromatic heterocycles. The molecule has 0 radical (unpaired) electrons. The van der Waals surface area contributed by atoms with Gasteiger partial charge in [0.2, 0.25) is 5.95 Å². The quantitative estimate of drug-likeness (QED) is 0.472. The largest absolute Gasteiger partial charge is 0.390 e. The fraction of sp³-hybridized carbons (Fsp3) is 0.560. The van der Waals surface area contributed by atoms with Crippen molar-refractivity contribution in [2.75, 3.05) is 29.6 Å². The van der Waals surface area contributed by atoms with E-state index in [1.807, 2.05) is 13.8 Å². The Bertz CT molecular complexity index is 1390. The SMILES string of the molecule is CC(C)(O)C1CCN(c2nc(N[C@H]3C[C@H](S(C)(=O)=O)C3)nc3c2cnn3-c2cccc(C(F)F)c2)CC1. The molecule has 0 spiro atoms. The van der Waals surface area contributed by atoms with Crippen molar-refractivity contribution in [2.45, 2.75) is 62.8 Å². The highest BCUT2D eigenvalue weighted by Crippen LogP contribution is 2.35. The Hall–Kier alpha value is -2.86. The number of benzene rings is 1. The molecule has 2 aliphatic rings. The van der Waals surface area contributed by atoms with E-state index in [2.05, 4.69) is 20.3 Å². The molecule has 1 aliphatic heterocycles. The van der Waals surface area contributed by atoms with Gasteiger partial charge >= 0.3 is 0 Å². The summed E-state index contributed by atoms with van der Waals surface area (Å²) < 4.78 is 51.9. The molecule has 0 unspecified atom stereocenters. The number of fused-ring (bicyclic) bond motifs is 1. The molecule has 0 bridgehead atoms. The third-order valence-electron chi connectivity index (χ3n) is 7.60. The molecule has 2 fully saturated rings. The minimum atomic E-state index is -3.10. The van der Waals surface area contributed by atoms with Crippen LogP contribution in [0, 0.1) is 5.92 Å². The van der Waals surface area contributed by atoms with Gasteiger partial charge in [0.15, 0.2) is 5.65 Å². The van der Waals surface area contributed by atoms with Gasteiger partial charge in [-0.05, 0) is 57.6 Å². The summed E-state index contributed by atoms with van der Waals surface area (Å²) in [5.41, 5.74) is 0.0667. The minimum Gasteiger partial charge on any atom is -0.390 e. The van der Waals surface area contributed by atoms with Crippen LogP contribution in [0.3, 0.4) is 0 Å². The van der Waals surface area contributed by atoms with Gasteiger partial charge in [-0.2, -0.15) is 15.1 Å². The van der Waals surface area contributed by atoms with Crippen LogP contribution in [0.2, 0.25) is 0 Å². The highest BCUT2D eigenvalue weighted by atomic mass is 32.2. The Balaban J connectivity index is 1.50. The van der Waals surface area contributed by atoms with Crippen molar-refractivity contribution in [3.63, 3.8) is 0 Å². The monoisotopic (exact) mass is 534 g/mol. The Labute approximate surface area is 214 Å². The average molecular weight is 535 g/mol. The van der Waals surface area contributed by atoms with Gasteiger partial charge in [-0.1, -0.05) is 12.1 Å². The van der Waals surface area contributed by atoms with Crippen LogP contribution in [0.15, 0.2) is 30.5 Å². The number of hydrogen-bond acceptors (Lipinski definition) is 8. The van der Waals surface area contributed by atoms with Gasteiger partial charge in [0.05, 0.1) is 28.1 Å². The molecular weight excluding hydrogens is 502 g/mol. The molecule has 0 atom stereocenters. The van der Waals surface area contributed by atoms with Crippen molar-refractivity contribution >= 4 is 32.6 Å². The normalized spacial score (nSPS) is 21.4. The number of sulfone groups is 1. The number of rotatable bonds is 7. The maximum atomic E-state index is 13.4. The van der Waals surface area contributed by atoms with E-state index in [0.29, 0.717) is 54.4 Å². The molecule has 5 rings (SSSR count). The van der Waals surface area contributed by atoms with E-state index >= 15 is 0 Å². The van der Waals surface area contributed by atoms with Crippen LogP contribution in [-0.2, 0) is 9.84 Å². The van der Waals surface area contributed by atoms with Gasteiger partial charge < -0.3 is 15.3 Å². The molecule has 1 aromatic carbocycles. The summed E-state index contributed by atoms with van der Waals surface area (Å²) >= 11 is 0. The fourth-order valence-electron chi connectivity index (χ4n) is 5.19. The smallest absolute Gasteiger partial charge is 0.263 e. The van der Waals surface area contributed by atoms with Gasteiger partial charge in [-0.25, -0.2) is 21.9 Å². The van der Waals surface area contributed by atoms with Crippen molar-refractivity contribution in [3.05, 3.63) is 36.0 Å². The molecular formula is C25H32F2N6O3S. The van der Waals surface area contributed by atoms with Gasteiger partial charge in [0.25, 0.3) is 6.43 Å². The van der Waals surface area contributed by atoms with E-state index in [9.17, 15) is 22.3 Å². The van der Waals surface area contributed by atoms with Gasteiger partial charge in [0.1, 0.15) is 15.7 Å². The summed E-state index contributed by atoms with van der Waals surface area (Å²) in [6, 6.07) is 5.94. The molecule has 3 heterocycles. The van der Waals surface area contributed by atoms with Crippen LogP contribution in [0.5, 0.6) is 0 Å². The first-order valence-corrected chi connectivity index (χ1v) is 14.4. The zero-order valence-electron chi connectivity index (χ0n) is 21.1. The van der Waals surface area contributed by atoms with Gasteiger partial charge in [0, 0.05) is 31.0 Å². The van der Waals surface area contributed by atoms with Crippen LogP contribution < -0.4 is 10.2 Å². The fourth-order valence-corrected chi connectivity index (χ4v) is 6.36. The number of nitrogens with one attached hydrogen (secondary N) is 1. The molecule has 2 N–H and O–H groups in total. The summed E-state index contributed by atoms with van der Waals surface area (Å²) in [6.45, 7) is 5.04. The van der Waals surface area contributed by atoms with Crippen molar-refractivity contribution in [1.29, 1.82) is 0 Å². The minimum absolute atomic E-state index is 0.0792. The molecule has 200 valence electrons. The Kier molecular flexibility index (Phi) is 6.59. The second kappa shape index (κ2) is 9.46. The first-order valence-electron chi connectivity index (χ1n) is 12.5. The van der Waals surface area contributed by atoms with Crippen molar-refractivity contribution < 1.29 is 22.3 Å². The number of halogens is 2. The molecule has 37 heavy (non-hydrogen) atoms. The molecule has 1 saturated heterocycles. The third kappa shape index (κ3) is 5.26. The molecule has 0 amide bonds. The number of alkyl halides is 2. The molecule has 3 aromatic rings. The van der Waals surface area contributed by atoms with Crippen molar-refractivity contribution in [3.8, 4) is 5.69 Å². The maximum absolute atomic E-state index is 13.4. The van der Waals surface area contributed by atoms with Gasteiger partial charge in [-0.15, -0.1) is 0 Å². The number of aliphatic hydroxyl groups is 1. The number of hydrogen-bond donors (Lipinski definition) is 2. The summed E-state index contributed by atoms with van der Waals surface area (Å²) in [6.07, 6.45) is 2.82. The molecule has 1 saturated carbocycles. The van der Waals surface area contributed by atoms with Crippen LogP contribution in [0.25, 0.3) is 16.7 Å². The van der Waals surface area contributed by atoms with E-state index in [-0.39, 0.29) is 22.8 Å². The summed E-state index contributed by atoms with van der Waals surface area (Å²) in [5, 5.41) is 18.5. The molecule has 1 aliphatic carbocycles. The Morgan fingerprint density at radius 2 is 1.86 bits per heavy atom. The second-order valence-electron chi connectivity index (χ2n) is 10.7. The standard InChI is InChI=1S/C25H32F2N6O3S/c1-25(2,34)16-7-9-32(10-8-16)22-20-14-28-33(18-6-4-5-15(11-18)21(26)27)23(20)31-24(30-22)29-17-12-19(13-17)37(3,35)36/h4-6,11,14,16-17,19,21,34H,7-10,12-13H2,1-3H3,(H,29,30,31)/t17-,19-. The predicted molar refractivity (Wildman–Crippen MR) is 138 cm³/mol. The lowest BCUT2D eigenvalue weighted by molar-refractivity contribution is 0.00648. The highest BCUT2D eigenvalue weighted by Gasteiger charge is 2.37. The van der Waals surface area contributed by atoms with Gasteiger partial charge in [-0.3, -0.25) is 0 Å². The second-order valence-corrected chi connectivity index (χ2v) is 13.1. The third-order valence-corrected chi connectivity index (χ3v) is 9.20. The topological polar surface area (TPSA) is 113 Å². The van der Waals surface area contributed by atoms with Crippen molar-refractivity contribution in [1.82, 2.24) is 19.7 Å². The summed E-state index contributed by atoms with van der Waals surface area (Å²) in [7, 11) is -3.10. The van der Waals surface area contributed by atoms with E-state index in [1.165, 1.54) is 23.1 Å². The summed E-state index contributed by atoms with van der Waals surface area (Å²) in [4.78, 5) is 11.6. The first kappa shape index (κ1) is 25.8. The molecule has 12 heteroatoms. The lowest BCUT2D eigenvalue weighted by atomic mass is 9.83. The van der Waals surface area contributed by atoms with E-state index in [1.54, 1.807) is 18.3 Å². The Morgan fingerprint density at radius 3 is 2.49 bits per heavy atom. The maximum Gasteiger partial charge on any atom is 0.263 e. The number of anilines is 2. The number of nitrogens with zero attached hydrogens (tertiary/aromatic N) is 5. The molecule has 9 nitrogen and oxygen atoms in total. The number of piperidine rings is 1. The zero-order chi connectivity index (χ0) is 26.5. The zero-order valence-corrected chi connectivity index (χ0v) is 21.9. The van der Waals surface area contributed by atoms with E-state index < -0.39 is 21.9 Å². The van der Waals surface area contributed by atoms with Crippen LogP contribution in [-0.4, -0.2) is 69.5 Å². The van der Waals surface area contributed by atoms with Crippen LogP contribution >= 0.6 is 0 Å². The van der Waals surface area contributed by atoms with Crippen LogP contribution in [0.4, 0.5) is 20.5 Å². The lowest BCUT2D eigenvalue weighted by Gasteiger charge is -2.38. The van der Waals surface area contributed by atoms with Crippen LogP contribution in [0.1, 0.15) is 51.5 Å². The lowest BCUT2D eigenvalue weighted by Crippen LogP contribution is -2.44. The number of aromatic nitrogens is 4. The first-order chi connectivity index (χ1) is 17.4. The summed E-state index contributed by atoms with van der Waals surface area (Å²) in [5.74, 6) is 1.19. The van der Waals surface area contributed by atoms with E-state index in [4.69, 9.17) is 4.98 Å². The van der Waals surface area contributed by atoms with Crippen molar-refractivity contribution in [2.24, 2.45) is 5.92 Å². The average Bonchev–Trinajstić information content (AvgIpc) is 3.23. The highest BCUT2D eigenvalue weighted by molar-refractivity contribution is 7.91. The predicted octanol–water partition coefficient (Wildman–Crippen LogP) is 3.73. The van der Waals surface area contributed by atoms with E-state index in [0.717, 1.165) is 12.8 Å².